The van der Waals surface area contributed by atoms with Crippen LogP contribution in [0.4, 0.5) is 11.4 Å². The number of aryl methyl sites for hydroxylation is 3. The minimum Gasteiger partial charge on any atom is -0.466 e. The quantitative estimate of drug-likeness (QED) is 0.803. The summed E-state index contributed by atoms with van der Waals surface area (Å²) in [7, 11) is 0. The van der Waals surface area contributed by atoms with Crippen LogP contribution in [-0.4, -0.2) is 0 Å². The first-order chi connectivity index (χ1) is 8.47. The van der Waals surface area contributed by atoms with Crippen molar-refractivity contribution in [2.75, 3.05) is 11.1 Å². The Bertz CT molecular complexity index is 558. The van der Waals surface area contributed by atoms with Gasteiger partial charge in [-0.15, -0.1) is 0 Å². The number of hydrogen-bond donors (Lipinski definition) is 2. The summed E-state index contributed by atoms with van der Waals surface area (Å²) < 4.78 is 5.55. The highest BCUT2D eigenvalue weighted by molar-refractivity contribution is 5.59. The molecule has 0 saturated carbocycles. The van der Waals surface area contributed by atoms with Crippen LogP contribution in [0.15, 0.2) is 28.7 Å². The summed E-state index contributed by atoms with van der Waals surface area (Å²) in [6.07, 6.45) is 0. The van der Waals surface area contributed by atoms with Crippen LogP contribution in [0.1, 0.15) is 35.6 Å². The van der Waals surface area contributed by atoms with Gasteiger partial charge in [-0.05, 0) is 51.5 Å². The van der Waals surface area contributed by atoms with Crippen LogP contribution in [-0.2, 0) is 0 Å². The molecule has 0 fully saturated rings. The van der Waals surface area contributed by atoms with Gasteiger partial charge in [-0.25, -0.2) is 0 Å². The molecule has 0 aliphatic heterocycles. The molecule has 3 nitrogen and oxygen atoms in total. The lowest BCUT2D eigenvalue weighted by Gasteiger charge is -2.15. The maximum absolute atomic E-state index is 5.91. The first kappa shape index (κ1) is 12.6. The molecule has 1 aromatic heterocycles. The van der Waals surface area contributed by atoms with E-state index in [9.17, 15) is 0 Å². The average molecular weight is 244 g/mol. The molecule has 0 bridgehead atoms. The molecule has 1 atom stereocenters. The van der Waals surface area contributed by atoms with Crippen LogP contribution in [0.25, 0.3) is 0 Å². The lowest BCUT2D eigenvalue weighted by molar-refractivity contribution is 0.500. The molecular formula is C15H20N2O. The number of benzene rings is 1. The third kappa shape index (κ3) is 2.50. The van der Waals surface area contributed by atoms with Gasteiger partial charge in [0.2, 0.25) is 0 Å². The Morgan fingerprint density at radius 3 is 2.44 bits per heavy atom. The van der Waals surface area contributed by atoms with Gasteiger partial charge in [-0.2, -0.15) is 0 Å². The van der Waals surface area contributed by atoms with Gasteiger partial charge in [-0.1, -0.05) is 6.07 Å². The Morgan fingerprint density at radius 1 is 1.17 bits per heavy atom. The number of nitrogen functional groups attached to an aromatic ring is 1. The third-order valence-electron chi connectivity index (χ3n) is 3.21. The van der Waals surface area contributed by atoms with E-state index in [4.69, 9.17) is 10.2 Å². The van der Waals surface area contributed by atoms with Gasteiger partial charge in [0.25, 0.3) is 0 Å². The van der Waals surface area contributed by atoms with Gasteiger partial charge < -0.3 is 15.5 Å². The lowest BCUT2D eigenvalue weighted by atomic mass is 10.1. The summed E-state index contributed by atoms with van der Waals surface area (Å²) >= 11 is 0. The highest BCUT2D eigenvalue weighted by Crippen LogP contribution is 2.26. The third-order valence-corrected chi connectivity index (χ3v) is 3.21. The highest BCUT2D eigenvalue weighted by atomic mass is 16.3. The maximum atomic E-state index is 5.91. The molecule has 1 heterocycles. The molecule has 3 heteroatoms. The first-order valence-corrected chi connectivity index (χ1v) is 6.17. The molecule has 0 radical (unpaired) electrons. The van der Waals surface area contributed by atoms with Crippen molar-refractivity contribution in [3.8, 4) is 0 Å². The van der Waals surface area contributed by atoms with Crippen molar-refractivity contribution in [3.05, 3.63) is 46.9 Å². The maximum Gasteiger partial charge on any atom is 0.106 e. The monoisotopic (exact) mass is 244 g/mol. The van der Waals surface area contributed by atoms with Crippen molar-refractivity contribution in [1.29, 1.82) is 0 Å². The first-order valence-electron chi connectivity index (χ1n) is 6.17. The van der Waals surface area contributed by atoms with Gasteiger partial charge in [0, 0.05) is 16.9 Å². The molecule has 1 unspecified atom stereocenters. The van der Waals surface area contributed by atoms with Crippen LogP contribution < -0.4 is 11.1 Å². The number of rotatable bonds is 3. The standard InChI is InChI=1S/C15H20N2O/c1-9-5-6-13(8-15(9)16)17-11(3)14-7-10(2)18-12(14)4/h5-8,11,17H,16H2,1-4H3. The molecule has 0 amide bonds. The fourth-order valence-electron chi connectivity index (χ4n) is 2.14. The van der Waals surface area contributed by atoms with Crippen molar-refractivity contribution >= 4 is 11.4 Å². The number of hydrogen-bond acceptors (Lipinski definition) is 3. The summed E-state index contributed by atoms with van der Waals surface area (Å²) in [6, 6.07) is 8.31. The fraction of sp³-hybridized carbons (Fsp3) is 0.333. The van der Waals surface area contributed by atoms with Crippen molar-refractivity contribution < 1.29 is 4.42 Å². The summed E-state index contributed by atoms with van der Waals surface area (Å²) in [6.45, 7) is 8.08. The largest absolute Gasteiger partial charge is 0.466 e. The van der Waals surface area contributed by atoms with Crippen molar-refractivity contribution in [3.63, 3.8) is 0 Å². The molecule has 1 aromatic carbocycles. The van der Waals surface area contributed by atoms with E-state index in [1.54, 1.807) is 0 Å². The van der Waals surface area contributed by atoms with Crippen LogP contribution in [0.2, 0.25) is 0 Å². The molecular weight excluding hydrogens is 224 g/mol. The van der Waals surface area contributed by atoms with Gasteiger partial charge >= 0.3 is 0 Å². The second kappa shape index (κ2) is 4.77. The summed E-state index contributed by atoms with van der Waals surface area (Å²) in [5.74, 6) is 1.91. The highest BCUT2D eigenvalue weighted by Gasteiger charge is 2.12. The van der Waals surface area contributed by atoms with E-state index in [0.29, 0.717) is 0 Å². The zero-order chi connectivity index (χ0) is 13.3. The molecule has 18 heavy (non-hydrogen) atoms. The number of furan rings is 1. The molecule has 2 rings (SSSR count). The molecule has 0 aliphatic carbocycles. The van der Waals surface area contributed by atoms with E-state index in [1.165, 1.54) is 5.56 Å². The molecule has 96 valence electrons. The predicted octanol–water partition coefficient (Wildman–Crippen LogP) is 3.96. The SMILES string of the molecule is Cc1cc(C(C)Nc2ccc(C)c(N)c2)c(C)o1. The van der Waals surface area contributed by atoms with E-state index in [-0.39, 0.29) is 6.04 Å². The number of anilines is 2. The molecule has 0 spiro atoms. The Balaban J connectivity index is 2.18. The zero-order valence-electron chi connectivity index (χ0n) is 11.4. The van der Waals surface area contributed by atoms with Gasteiger partial charge in [-0.3, -0.25) is 0 Å². The van der Waals surface area contributed by atoms with Gasteiger partial charge in [0.05, 0.1) is 6.04 Å². The predicted molar refractivity (Wildman–Crippen MR) is 75.8 cm³/mol. The van der Waals surface area contributed by atoms with Crippen LogP contribution in [0.3, 0.4) is 0 Å². The van der Waals surface area contributed by atoms with E-state index >= 15 is 0 Å². The topological polar surface area (TPSA) is 51.2 Å². The van der Waals surface area contributed by atoms with Gasteiger partial charge in [0.1, 0.15) is 11.5 Å². The molecule has 0 aliphatic rings. The van der Waals surface area contributed by atoms with E-state index in [1.807, 2.05) is 39.0 Å². The minimum atomic E-state index is 0.199. The fourth-order valence-corrected chi connectivity index (χ4v) is 2.14. The minimum absolute atomic E-state index is 0.199. The van der Waals surface area contributed by atoms with Gasteiger partial charge in [0.15, 0.2) is 0 Å². The summed E-state index contributed by atoms with van der Waals surface area (Å²) in [5, 5.41) is 3.44. The number of nitrogens with two attached hydrogens (primary N) is 1. The van der Waals surface area contributed by atoms with E-state index in [2.05, 4.69) is 18.3 Å². The Kier molecular flexibility index (Phi) is 3.32. The molecule has 3 N–H and O–H groups in total. The van der Waals surface area contributed by atoms with Crippen LogP contribution in [0.5, 0.6) is 0 Å². The lowest BCUT2D eigenvalue weighted by Crippen LogP contribution is -2.07. The molecule has 0 saturated heterocycles. The summed E-state index contributed by atoms with van der Waals surface area (Å²) in [5.41, 5.74) is 10.0. The average Bonchev–Trinajstić information content (AvgIpc) is 2.63. The summed E-state index contributed by atoms with van der Waals surface area (Å²) in [4.78, 5) is 0. The second-order valence-corrected chi connectivity index (χ2v) is 4.81. The smallest absolute Gasteiger partial charge is 0.106 e. The normalized spacial score (nSPS) is 12.4. The van der Waals surface area contributed by atoms with Crippen molar-refractivity contribution in [1.82, 2.24) is 0 Å². The Hall–Kier alpha value is -1.90. The molecule has 2 aromatic rings. The zero-order valence-corrected chi connectivity index (χ0v) is 11.4. The number of nitrogens with one attached hydrogen (secondary N) is 1. The van der Waals surface area contributed by atoms with E-state index < -0.39 is 0 Å². The Labute approximate surface area is 108 Å². The Morgan fingerprint density at radius 2 is 1.89 bits per heavy atom. The van der Waals surface area contributed by atoms with Crippen LogP contribution >= 0.6 is 0 Å². The second-order valence-electron chi connectivity index (χ2n) is 4.81. The van der Waals surface area contributed by atoms with Crippen molar-refractivity contribution in [2.24, 2.45) is 0 Å². The van der Waals surface area contributed by atoms with Crippen LogP contribution in [0, 0.1) is 20.8 Å². The van der Waals surface area contributed by atoms with E-state index in [0.717, 1.165) is 28.5 Å². The van der Waals surface area contributed by atoms with Crippen molar-refractivity contribution in [2.45, 2.75) is 33.7 Å².